The van der Waals surface area contributed by atoms with E-state index in [0.29, 0.717) is 40.0 Å². The van der Waals surface area contributed by atoms with Gasteiger partial charge in [-0.1, -0.05) is 24.6 Å². The molecule has 2 aromatic carbocycles. The standard InChI is InChI=1S/C22H25NO5S/c1-5-7-19-21(22(24)27-6-2)17-13-16(9-10-18(17)28-19)23-29(25,26)20-11-8-14(3)12-15(20)4/h8-13,23H,5-7H2,1-4H3. The molecule has 1 aromatic heterocycles. The van der Waals surface area contributed by atoms with E-state index in [9.17, 15) is 13.2 Å². The minimum Gasteiger partial charge on any atom is -0.462 e. The monoisotopic (exact) mass is 415 g/mol. The second-order valence-corrected chi connectivity index (χ2v) is 8.61. The molecule has 7 heteroatoms. The number of esters is 1. The van der Waals surface area contributed by atoms with Gasteiger partial charge in [0.05, 0.1) is 11.5 Å². The number of hydrogen-bond donors (Lipinski definition) is 1. The van der Waals surface area contributed by atoms with Gasteiger partial charge < -0.3 is 9.15 Å². The first-order valence-electron chi connectivity index (χ1n) is 9.59. The summed E-state index contributed by atoms with van der Waals surface area (Å²) in [6.07, 6.45) is 1.39. The second kappa shape index (κ2) is 8.29. The molecule has 3 aromatic rings. The molecular weight excluding hydrogens is 390 g/mol. The third-order valence-corrected chi connectivity index (χ3v) is 6.13. The zero-order chi connectivity index (χ0) is 21.2. The number of sulfonamides is 1. The molecule has 0 aliphatic rings. The van der Waals surface area contributed by atoms with Crippen molar-refractivity contribution in [2.75, 3.05) is 11.3 Å². The normalized spacial score (nSPS) is 11.6. The third kappa shape index (κ3) is 4.29. The van der Waals surface area contributed by atoms with Gasteiger partial charge in [-0.3, -0.25) is 4.72 Å². The number of benzene rings is 2. The quantitative estimate of drug-likeness (QED) is 0.550. The fourth-order valence-electron chi connectivity index (χ4n) is 3.35. The number of carbonyl (C=O) groups is 1. The second-order valence-electron chi connectivity index (χ2n) is 6.96. The lowest BCUT2D eigenvalue weighted by atomic mass is 10.1. The van der Waals surface area contributed by atoms with Crippen LogP contribution < -0.4 is 4.72 Å². The Balaban J connectivity index is 2.04. The van der Waals surface area contributed by atoms with Crippen LogP contribution in [0.3, 0.4) is 0 Å². The van der Waals surface area contributed by atoms with Crippen LogP contribution in [0.25, 0.3) is 11.0 Å². The van der Waals surface area contributed by atoms with Crippen molar-refractivity contribution in [3.63, 3.8) is 0 Å². The van der Waals surface area contributed by atoms with Crippen LogP contribution in [-0.2, 0) is 21.2 Å². The van der Waals surface area contributed by atoms with Crippen molar-refractivity contribution in [3.05, 3.63) is 58.8 Å². The van der Waals surface area contributed by atoms with Crippen molar-refractivity contribution in [2.24, 2.45) is 0 Å². The van der Waals surface area contributed by atoms with Crippen LogP contribution >= 0.6 is 0 Å². The van der Waals surface area contributed by atoms with E-state index in [-0.39, 0.29) is 11.5 Å². The summed E-state index contributed by atoms with van der Waals surface area (Å²) in [6.45, 7) is 7.65. The number of fused-ring (bicyclic) bond motifs is 1. The molecule has 0 atom stereocenters. The van der Waals surface area contributed by atoms with Gasteiger partial charge in [-0.05, 0) is 57.0 Å². The van der Waals surface area contributed by atoms with Crippen molar-refractivity contribution in [1.29, 1.82) is 0 Å². The van der Waals surface area contributed by atoms with Gasteiger partial charge in [-0.2, -0.15) is 0 Å². The van der Waals surface area contributed by atoms with E-state index in [2.05, 4.69) is 4.72 Å². The highest BCUT2D eigenvalue weighted by molar-refractivity contribution is 7.92. The van der Waals surface area contributed by atoms with Gasteiger partial charge in [0.25, 0.3) is 10.0 Å². The molecule has 6 nitrogen and oxygen atoms in total. The number of carbonyl (C=O) groups excluding carboxylic acids is 1. The molecule has 29 heavy (non-hydrogen) atoms. The van der Waals surface area contributed by atoms with Crippen molar-refractivity contribution in [1.82, 2.24) is 0 Å². The minimum atomic E-state index is -3.77. The Bertz CT molecular complexity index is 1160. The predicted molar refractivity (Wildman–Crippen MR) is 113 cm³/mol. The third-order valence-electron chi connectivity index (χ3n) is 4.59. The van der Waals surface area contributed by atoms with Gasteiger partial charge in [-0.15, -0.1) is 0 Å². The molecule has 0 bridgehead atoms. The van der Waals surface area contributed by atoms with E-state index >= 15 is 0 Å². The van der Waals surface area contributed by atoms with Crippen molar-refractivity contribution in [2.45, 2.75) is 45.4 Å². The van der Waals surface area contributed by atoms with E-state index in [1.807, 2.05) is 19.9 Å². The van der Waals surface area contributed by atoms with E-state index in [1.165, 1.54) is 0 Å². The lowest BCUT2D eigenvalue weighted by Gasteiger charge is -2.11. The summed E-state index contributed by atoms with van der Waals surface area (Å²) in [5.74, 6) is 0.0828. The molecule has 0 saturated heterocycles. The summed E-state index contributed by atoms with van der Waals surface area (Å²) in [5, 5.41) is 0.535. The number of anilines is 1. The van der Waals surface area contributed by atoms with Crippen molar-refractivity contribution >= 4 is 32.6 Å². The zero-order valence-corrected chi connectivity index (χ0v) is 17.9. The first kappa shape index (κ1) is 20.9. The minimum absolute atomic E-state index is 0.215. The Morgan fingerprint density at radius 3 is 2.52 bits per heavy atom. The van der Waals surface area contributed by atoms with Gasteiger partial charge in [-0.25, -0.2) is 13.2 Å². The van der Waals surface area contributed by atoms with Gasteiger partial charge in [0.2, 0.25) is 0 Å². The molecule has 0 spiro atoms. The van der Waals surface area contributed by atoms with E-state index in [4.69, 9.17) is 9.15 Å². The number of rotatable bonds is 7. The topological polar surface area (TPSA) is 85.6 Å². The summed E-state index contributed by atoms with van der Waals surface area (Å²) in [6, 6.07) is 10.1. The Hall–Kier alpha value is -2.80. The molecule has 0 amide bonds. The molecule has 1 N–H and O–H groups in total. The average Bonchev–Trinajstić information content (AvgIpc) is 2.99. The first-order chi connectivity index (χ1) is 13.8. The number of hydrogen-bond acceptors (Lipinski definition) is 5. The first-order valence-corrected chi connectivity index (χ1v) is 11.1. The van der Waals surface area contributed by atoms with Gasteiger partial charge in [0.15, 0.2) is 0 Å². The summed E-state index contributed by atoms with van der Waals surface area (Å²) in [5.41, 5.74) is 2.89. The van der Waals surface area contributed by atoms with Gasteiger partial charge >= 0.3 is 5.97 Å². The van der Waals surface area contributed by atoms with Crippen molar-refractivity contribution < 1.29 is 22.4 Å². The maximum atomic E-state index is 12.9. The Kier molecular flexibility index (Phi) is 5.98. The molecule has 0 fully saturated rings. The highest BCUT2D eigenvalue weighted by Gasteiger charge is 2.23. The molecule has 0 saturated carbocycles. The zero-order valence-electron chi connectivity index (χ0n) is 17.0. The smallest absolute Gasteiger partial charge is 0.342 e. The van der Waals surface area contributed by atoms with Crippen LogP contribution in [0.4, 0.5) is 5.69 Å². The molecule has 0 aliphatic carbocycles. The number of ether oxygens (including phenoxy) is 1. The number of aryl methyl sites for hydroxylation is 3. The molecule has 0 aliphatic heterocycles. The lowest BCUT2D eigenvalue weighted by molar-refractivity contribution is 0.0526. The van der Waals surface area contributed by atoms with E-state index < -0.39 is 16.0 Å². The van der Waals surface area contributed by atoms with E-state index in [1.54, 1.807) is 44.2 Å². The summed E-state index contributed by atoms with van der Waals surface area (Å²) in [7, 11) is -3.77. The predicted octanol–water partition coefficient (Wildman–Crippen LogP) is 4.98. The van der Waals surface area contributed by atoms with Crippen LogP contribution in [0, 0.1) is 13.8 Å². The maximum Gasteiger partial charge on any atom is 0.342 e. The highest BCUT2D eigenvalue weighted by Crippen LogP contribution is 2.31. The Labute approximate surface area is 170 Å². The summed E-state index contributed by atoms with van der Waals surface area (Å²) < 4.78 is 39.4. The van der Waals surface area contributed by atoms with Gasteiger partial charge in [0, 0.05) is 17.5 Å². The van der Waals surface area contributed by atoms with Crippen LogP contribution in [0.1, 0.15) is 47.5 Å². The highest BCUT2D eigenvalue weighted by atomic mass is 32.2. The largest absolute Gasteiger partial charge is 0.462 e. The van der Waals surface area contributed by atoms with Crippen molar-refractivity contribution in [3.8, 4) is 0 Å². The van der Waals surface area contributed by atoms with Crippen LogP contribution in [0.5, 0.6) is 0 Å². The lowest BCUT2D eigenvalue weighted by Crippen LogP contribution is -2.14. The van der Waals surface area contributed by atoms with E-state index in [0.717, 1.165) is 12.0 Å². The maximum absolute atomic E-state index is 12.9. The number of furan rings is 1. The fraction of sp³-hybridized carbons (Fsp3) is 0.318. The fourth-order valence-corrected chi connectivity index (χ4v) is 4.63. The Morgan fingerprint density at radius 1 is 1.10 bits per heavy atom. The molecule has 1 heterocycles. The van der Waals surface area contributed by atoms with Crippen LogP contribution in [0.2, 0.25) is 0 Å². The average molecular weight is 416 g/mol. The molecule has 0 radical (unpaired) electrons. The van der Waals surface area contributed by atoms with Crippen LogP contribution in [0.15, 0.2) is 45.7 Å². The molecule has 3 rings (SSSR count). The summed E-state index contributed by atoms with van der Waals surface area (Å²) >= 11 is 0. The summed E-state index contributed by atoms with van der Waals surface area (Å²) in [4.78, 5) is 12.7. The van der Waals surface area contributed by atoms with Crippen LogP contribution in [-0.4, -0.2) is 21.0 Å². The SMILES string of the molecule is CCCc1oc2ccc(NS(=O)(=O)c3ccc(C)cc3C)cc2c1C(=O)OCC. The Morgan fingerprint density at radius 2 is 1.86 bits per heavy atom. The number of nitrogens with one attached hydrogen (secondary N) is 1. The van der Waals surface area contributed by atoms with Gasteiger partial charge in [0.1, 0.15) is 16.9 Å². The molecule has 0 unspecified atom stereocenters. The molecular formula is C22H25NO5S. The molecule has 154 valence electrons.